The highest BCUT2D eigenvalue weighted by molar-refractivity contribution is 5.78. The lowest BCUT2D eigenvalue weighted by atomic mass is 10.1. The molecular weight excluding hydrogens is 244 g/mol. The molecule has 1 aromatic rings. The zero-order valence-corrected chi connectivity index (χ0v) is 10.7. The minimum atomic E-state index is -0.831. The number of nitrogens with one attached hydrogen (secondary N) is 2. The Hall–Kier alpha value is -1.88. The van der Waals surface area contributed by atoms with Crippen molar-refractivity contribution in [1.29, 1.82) is 0 Å². The first-order valence-corrected chi connectivity index (χ1v) is 6.43. The van der Waals surface area contributed by atoms with E-state index in [9.17, 15) is 9.59 Å². The Labute approximate surface area is 112 Å². The van der Waals surface area contributed by atoms with Gasteiger partial charge in [-0.1, -0.05) is 24.3 Å². The third-order valence-corrected chi connectivity index (χ3v) is 2.94. The Balaban J connectivity index is 1.70. The smallest absolute Gasteiger partial charge is 0.307 e. The van der Waals surface area contributed by atoms with Crippen molar-refractivity contribution in [1.82, 2.24) is 10.6 Å². The van der Waals surface area contributed by atoms with Crippen molar-refractivity contribution in [2.24, 2.45) is 0 Å². The van der Waals surface area contributed by atoms with Crippen LogP contribution in [-0.2, 0) is 22.6 Å². The second kappa shape index (κ2) is 6.33. The third kappa shape index (κ3) is 5.09. The van der Waals surface area contributed by atoms with E-state index in [2.05, 4.69) is 10.6 Å². The van der Waals surface area contributed by atoms with Gasteiger partial charge in [0.05, 0.1) is 13.0 Å². The second-order valence-electron chi connectivity index (χ2n) is 4.83. The molecule has 1 fully saturated rings. The van der Waals surface area contributed by atoms with E-state index in [4.69, 9.17) is 5.11 Å². The fourth-order valence-electron chi connectivity index (χ4n) is 1.78. The largest absolute Gasteiger partial charge is 0.481 e. The summed E-state index contributed by atoms with van der Waals surface area (Å²) >= 11 is 0. The summed E-state index contributed by atoms with van der Waals surface area (Å²) in [6.07, 6.45) is 2.23. The minimum Gasteiger partial charge on any atom is -0.481 e. The second-order valence-corrected chi connectivity index (χ2v) is 4.83. The van der Waals surface area contributed by atoms with Crippen LogP contribution in [0.3, 0.4) is 0 Å². The summed E-state index contributed by atoms with van der Waals surface area (Å²) in [6.45, 7) is 0.915. The third-order valence-electron chi connectivity index (χ3n) is 2.94. The van der Waals surface area contributed by atoms with E-state index >= 15 is 0 Å². The Morgan fingerprint density at radius 2 is 1.79 bits per heavy atom. The van der Waals surface area contributed by atoms with Crippen molar-refractivity contribution in [2.45, 2.75) is 31.8 Å². The number of carboxylic acid groups (broad SMARTS) is 1. The van der Waals surface area contributed by atoms with Crippen LogP contribution in [0.4, 0.5) is 0 Å². The number of rotatable bonds is 7. The normalized spacial score (nSPS) is 14.1. The highest BCUT2D eigenvalue weighted by atomic mass is 16.4. The van der Waals surface area contributed by atoms with E-state index < -0.39 is 5.97 Å². The fraction of sp³-hybridized carbons (Fsp3) is 0.429. The van der Waals surface area contributed by atoms with Gasteiger partial charge in [0.1, 0.15) is 0 Å². The Bertz CT molecular complexity index is 452. The van der Waals surface area contributed by atoms with E-state index in [0.717, 1.165) is 24.0 Å². The molecule has 102 valence electrons. The highest BCUT2D eigenvalue weighted by Crippen LogP contribution is 2.18. The van der Waals surface area contributed by atoms with E-state index in [1.54, 1.807) is 12.1 Å². The summed E-state index contributed by atoms with van der Waals surface area (Å²) in [6, 6.07) is 7.75. The Kier molecular flexibility index (Phi) is 4.52. The van der Waals surface area contributed by atoms with Gasteiger partial charge >= 0.3 is 5.97 Å². The zero-order valence-electron chi connectivity index (χ0n) is 10.7. The first-order chi connectivity index (χ1) is 9.13. The Morgan fingerprint density at radius 1 is 1.16 bits per heavy atom. The maximum Gasteiger partial charge on any atom is 0.307 e. The van der Waals surface area contributed by atoms with Gasteiger partial charge in [0.2, 0.25) is 5.91 Å². The first-order valence-electron chi connectivity index (χ1n) is 6.43. The van der Waals surface area contributed by atoms with Gasteiger partial charge in [-0.2, -0.15) is 0 Å². The van der Waals surface area contributed by atoms with Gasteiger partial charge in [0, 0.05) is 12.6 Å². The average molecular weight is 262 g/mol. The summed E-state index contributed by atoms with van der Waals surface area (Å²) in [7, 11) is 0. The highest BCUT2D eigenvalue weighted by Gasteiger charge is 2.22. The molecule has 1 amide bonds. The van der Waals surface area contributed by atoms with Crippen LogP contribution in [0, 0.1) is 0 Å². The molecule has 0 aliphatic heterocycles. The summed E-state index contributed by atoms with van der Waals surface area (Å²) in [4.78, 5) is 22.0. The van der Waals surface area contributed by atoms with Gasteiger partial charge in [-0.15, -0.1) is 0 Å². The van der Waals surface area contributed by atoms with Gasteiger partial charge in [0.25, 0.3) is 0 Å². The molecule has 0 bridgehead atoms. The quantitative estimate of drug-likeness (QED) is 0.675. The maximum absolute atomic E-state index is 11.4. The standard InChI is InChI=1S/C14H18N2O3/c17-13(16-12-5-6-12)9-15-8-11-3-1-10(2-4-11)7-14(18)19/h1-4,12,15H,5-9H2,(H,16,17)(H,18,19). The molecule has 1 aliphatic carbocycles. The summed E-state index contributed by atoms with van der Waals surface area (Å²) in [5.41, 5.74) is 1.82. The number of carbonyl (C=O) groups is 2. The average Bonchev–Trinajstić information content (AvgIpc) is 3.14. The van der Waals surface area contributed by atoms with Crippen molar-refractivity contribution in [3.05, 3.63) is 35.4 Å². The van der Waals surface area contributed by atoms with Crippen LogP contribution in [0.2, 0.25) is 0 Å². The van der Waals surface area contributed by atoms with Crippen LogP contribution in [0.25, 0.3) is 0 Å². The summed E-state index contributed by atoms with van der Waals surface area (Å²) in [5, 5.41) is 14.6. The van der Waals surface area contributed by atoms with Crippen LogP contribution in [-0.4, -0.2) is 29.6 Å². The van der Waals surface area contributed by atoms with E-state index in [-0.39, 0.29) is 12.3 Å². The van der Waals surface area contributed by atoms with Gasteiger partial charge in [-0.25, -0.2) is 0 Å². The zero-order chi connectivity index (χ0) is 13.7. The molecule has 1 saturated carbocycles. The lowest BCUT2D eigenvalue weighted by molar-refractivity contribution is -0.136. The van der Waals surface area contributed by atoms with E-state index in [1.807, 2.05) is 12.1 Å². The lowest BCUT2D eigenvalue weighted by Gasteiger charge is -2.06. The minimum absolute atomic E-state index is 0.0324. The molecule has 0 atom stereocenters. The van der Waals surface area contributed by atoms with Crippen LogP contribution in [0.15, 0.2) is 24.3 Å². The number of carbonyl (C=O) groups excluding carboxylic acids is 1. The topological polar surface area (TPSA) is 78.4 Å². The fourth-order valence-corrected chi connectivity index (χ4v) is 1.78. The number of hydrogen-bond acceptors (Lipinski definition) is 3. The maximum atomic E-state index is 11.4. The molecule has 1 aromatic carbocycles. The predicted octanol–water partition coefficient (Wildman–Crippen LogP) is 0.682. The van der Waals surface area contributed by atoms with Crippen LogP contribution in [0.5, 0.6) is 0 Å². The molecule has 5 heteroatoms. The molecule has 1 aliphatic rings. The van der Waals surface area contributed by atoms with Crippen molar-refractivity contribution in [2.75, 3.05) is 6.54 Å². The molecule has 19 heavy (non-hydrogen) atoms. The SMILES string of the molecule is O=C(O)Cc1ccc(CNCC(=O)NC2CC2)cc1. The molecule has 0 aromatic heterocycles. The van der Waals surface area contributed by atoms with Crippen molar-refractivity contribution < 1.29 is 14.7 Å². The molecule has 0 radical (unpaired) electrons. The lowest BCUT2D eigenvalue weighted by Crippen LogP contribution is -2.34. The first kappa shape index (κ1) is 13.5. The number of benzene rings is 1. The molecule has 0 spiro atoms. The molecule has 2 rings (SSSR count). The van der Waals surface area contributed by atoms with Gasteiger partial charge in [-0.3, -0.25) is 9.59 Å². The number of amides is 1. The van der Waals surface area contributed by atoms with Crippen molar-refractivity contribution >= 4 is 11.9 Å². The van der Waals surface area contributed by atoms with Crippen LogP contribution >= 0.6 is 0 Å². The monoisotopic (exact) mass is 262 g/mol. The predicted molar refractivity (Wildman–Crippen MR) is 70.7 cm³/mol. The van der Waals surface area contributed by atoms with Gasteiger partial charge in [0.15, 0.2) is 0 Å². The summed E-state index contributed by atoms with van der Waals surface area (Å²) < 4.78 is 0. The number of carboxylic acids is 1. The molecule has 0 heterocycles. The number of aliphatic carboxylic acids is 1. The Morgan fingerprint density at radius 3 is 2.37 bits per heavy atom. The molecule has 0 saturated heterocycles. The molecule has 0 unspecified atom stereocenters. The number of hydrogen-bond donors (Lipinski definition) is 3. The molecule has 5 nitrogen and oxygen atoms in total. The van der Waals surface area contributed by atoms with Gasteiger partial charge in [-0.05, 0) is 24.0 Å². The van der Waals surface area contributed by atoms with E-state index in [1.165, 1.54) is 0 Å². The van der Waals surface area contributed by atoms with E-state index in [0.29, 0.717) is 19.1 Å². The van der Waals surface area contributed by atoms with Crippen molar-refractivity contribution in [3.63, 3.8) is 0 Å². The van der Waals surface area contributed by atoms with Gasteiger partial charge < -0.3 is 15.7 Å². The van der Waals surface area contributed by atoms with Crippen LogP contribution in [0.1, 0.15) is 24.0 Å². The van der Waals surface area contributed by atoms with Crippen LogP contribution < -0.4 is 10.6 Å². The molecule has 3 N–H and O–H groups in total. The summed E-state index contributed by atoms with van der Waals surface area (Å²) in [5.74, 6) is -0.799. The molecular formula is C14H18N2O3. The van der Waals surface area contributed by atoms with Crippen molar-refractivity contribution in [3.8, 4) is 0 Å².